The van der Waals surface area contributed by atoms with Crippen LogP contribution in [0.4, 0.5) is 4.79 Å². The summed E-state index contributed by atoms with van der Waals surface area (Å²) in [6, 6.07) is 0. The van der Waals surface area contributed by atoms with Crippen molar-refractivity contribution in [2.45, 2.75) is 155 Å². The minimum Gasteiger partial charge on any atom is -0.463 e. The molecular formula is C39H64N2O21. The lowest BCUT2D eigenvalue weighted by Gasteiger charge is -2.39. The van der Waals surface area contributed by atoms with Crippen molar-refractivity contribution < 1.29 is 101 Å². The van der Waals surface area contributed by atoms with Crippen LogP contribution in [0, 0.1) is 0 Å². The number of esters is 6. The Balaban J connectivity index is 1.56. The molecule has 2 heterocycles. The van der Waals surface area contributed by atoms with Crippen molar-refractivity contribution in [2.75, 3.05) is 52.7 Å². The van der Waals surface area contributed by atoms with Gasteiger partial charge >= 0.3 is 41.9 Å². The van der Waals surface area contributed by atoms with Crippen molar-refractivity contribution in [3.8, 4) is 0 Å². The van der Waals surface area contributed by atoms with E-state index in [-0.39, 0.29) is 59.0 Å². The summed E-state index contributed by atoms with van der Waals surface area (Å²) in [5, 5.41) is 25.5. The number of aliphatic hydroxyl groups excluding tert-OH is 2. The van der Waals surface area contributed by atoms with E-state index in [0.29, 0.717) is 45.1 Å². The fourth-order valence-electron chi connectivity index (χ4n) is 6.19. The Bertz CT molecular complexity index is 1400. The number of rotatable bonds is 28. The van der Waals surface area contributed by atoms with Gasteiger partial charge < -0.3 is 72.4 Å². The van der Waals surface area contributed by atoms with Crippen LogP contribution in [0.2, 0.25) is 0 Å². The summed E-state index contributed by atoms with van der Waals surface area (Å²) in [6.07, 6.45) is -6.68. The van der Waals surface area contributed by atoms with Gasteiger partial charge in [-0.3, -0.25) is 34.1 Å². The summed E-state index contributed by atoms with van der Waals surface area (Å²) in [7, 11) is 0. The maximum Gasteiger partial charge on any atom is 0.407 e. The van der Waals surface area contributed by atoms with Gasteiger partial charge in [0.1, 0.15) is 50.3 Å². The zero-order valence-corrected chi connectivity index (χ0v) is 36.2. The van der Waals surface area contributed by atoms with E-state index in [0.717, 1.165) is 0 Å². The van der Waals surface area contributed by atoms with E-state index >= 15 is 0 Å². The average Bonchev–Trinajstić information content (AvgIpc) is 3.18. The number of unbranched alkanes of at least 4 members (excludes halogenated alkanes) is 4. The van der Waals surface area contributed by atoms with Gasteiger partial charge in [0, 0.05) is 74.1 Å². The second-order valence-electron chi connectivity index (χ2n) is 14.4. The number of amides is 1. The van der Waals surface area contributed by atoms with Crippen LogP contribution in [0.3, 0.4) is 0 Å². The van der Waals surface area contributed by atoms with Crippen molar-refractivity contribution in [1.29, 1.82) is 0 Å². The van der Waals surface area contributed by atoms with Gasteiger partial charge in [-0.15, -0.1) is 0 Å². The lowest BCUT2D eigenvalue weighted by molar-refractivity contribution is -0.266. The van der Waals surface area contributed by atoms with E-state index in [1.165, 1.54) is 41.5 Å². The van der Waals surface area contributed by atoms with E-state index in [1.54, 1.807) is 0 Å². The highest BCUT2D eigenvalue weighted by molar-refractivity contribution is 5.69. The minimum absolute atomic E-state index is 0.0840. The smallest absolute Gasteiger partial charge is 0.407 e. The third-order valence-electron chi connectivity index (χ3n) is 8.80. The minimum atomic E-state index is -1.38. The van der Waals surface area contributed by atoms with Crippen LogP contribution >= 0.6 is 0 Å². The van der Waals surface area contributed by atoms with Crippen molar-refractivity contribution in [3.63, 3.8) is 0 Å². The summed E-state index contributed by atoms with van der Waals surface area (Å²) in [4.78, 5) is 81.5. The molecule has 356 valence electrons. The molecule has 0 aromatic carbocycles. The average molecular weight is 897 g/mol. The normalized spacial score (nSPS) is 24.4. The quantitative estimate of drug-likeness (QED) is 0.0358. The van der Waals surface area contributed by atoms with Gasteiger partial charge in [0.05, 0.1) is 6.61 Å². The summed E-state index contributed by atoms with van der Waals surface area (Å²) in [6.45, 7) is 7.28. The van der Waals surface area contributed by atoms with Gasteiger partial charge in [-0.2, -0.15) is 0 Å². The van der Waals surface area contributed by atoms with Crippen LogP contribution in [-0.2, 0) is 85.6 Å². The van der Waals surface area contributed by atoms with Gasteiger partial charge in [0.15, 0.2) is 24.8 Å². The number of ether oxygens (including phenoxy) is 12. The molecule has 2 fully saturated rings. The van der Waals surface area contributed by atoms with Gasteiger partial charge in [-0.1, -0.05) is 0 Å². The van der Waals surface area contributed by atoms with Crippen molar-refractivity contribution >= 4 is 41.9 Å². The first kappa shape index (κ1) is 53.9. The predicted octanol–water partition coefficient (Wildman–Crippen LogP) is 0.412. The molecule has 23 nitrogen and oxygen atoms in total. The zero-order chi connectivity index (χ0) is 46.0. The van der Waals surface area contributed by atoms with Gasteiger partial charge in [0.2, 0.25) is 6.41 Å². The Kier molecular flexibility index (Phi) is 26.0. The maximum atomic E-state index is 12.1. The van der Waals surface area contributed by atoms with E-state index in [4.69, 9.17) is 56.8 Å². The highest BCUT2D eigenvalue weighted by atomic mass is 16.7. The SMILES string of the molecule is CC(=O)OC[C@H]1O[C@@H](OCCCCCNC(=O)OCC(O)COC(O)NCCCCCO[C@H]2C[C@@H](OC(C)=O)[C@@H](OC(C)=O)[C@@H](COC(C)=O)O2)C[C@@H](OC(C)=O)[C@H]1OC(C)=O. The molecule has 0 aliphatic carbocycles. The van der Waals surface area contributed by atoms with Crippen LogP contribution in [0.25, 0.3) is 0 Å². The monoisotopic (exact) mass is 896 g/mol. The number of aliphatic hydroxyl groups is 2. The van der Waals surface area contributed by atoms with E-state index in [1.807, 2.05) is 0 Å². The molecule has 0 saturated carbocycles. The highest BCUT2D eigenvalue weighted by Crippen LogP contribution is 2.28. The van der Waals surface area contributed by atoms with Crippen LogP contribution in [0.1, 0.15) is 92.9 Å². The van der Waals surface area contributed by atoms with Crippen molar-refractivity contribution in [2.24, 2.45) is 0 Å². The molecular weight excluding hydrogens is 832 g/mol. The maximum absolute atomic E-state index is 12.1. The van der Waals surface area contributed by atoms with Crippen LogP contribution in [0.15, 0.2) is 0 Å². The molecule has 10 atom stereocenters. The molecule has 62 heavy (non-hydrogen) atoms. The molecule has 0 aromatic heterocycles. The number of nitrogens with one attached hydrogen (secondary N) is 2. The molecule has 0 bridgehead atoms. The van der Waals surface area contributed by atoms with Gasteiger partial charge in [0.25, 0.3) is 0 Å². The van der Waals surface area contributed by atoms with Gasteiger partial charge in [-0.05, 0) is 45.1 Å². The summed E-state index contributed by atoms with van der Waals surface area (Å²) in [5.74, 6) is -3.56. The number of alkyl carbamates (subject to hydrolysis) is 1. The Labute approximate surface area is 360 Å². The summed E-state index contributed by atoms with van der Waals surface area (Å²) < 4.78 is 64.9. The molecule has 2 saturated heterocycles. The van der Waals surface area contributed by atoms with Crippen LogP contribution in [-0.4, -0.2) is 167 Å². The zero-order valence-electron chi connectivity index (χ0n) is 36.2. The van der Waals surface area contributed by atoms with E-state index < -0.39 is 104 Å². The number of carbonyl (C=O) groups excluding carboxylic acids is 7. The summed E-state index contributed by atoms with van der Waals surface area (Å²) in [5.41, 5.74) is 0. The Morgan fingerprint density at radius 1 is 0.565 bits per heavy atom. The molecule has 0 spiro atoms. The largest absolute Gasteiger partial charge is 0.463 e. The third-order valence-corrected chi connectivity index (χ3v) is 8.80. The van der Waals surface area contributed by atoms with Crippen molar-refractivity contribution in [3.05, 3.63) is 0 Å². The van der Waals surface area contributed by atoms with E-state index in [2.05, 4.69) is 10.6 Å². The fraction of sp³-hybridized carbons (Fsp3) is 0.821. The molecule has 0 radical (unpaired) electrons. The Morgan fingerprint density at radius 2 is 1.02 bits per heavy atom. The first-order valence-corrected chi connectivity index (χ1v) is 20.5. The topological polar surface area (TPSA) is 295 Å². The van der Waals surface area contributed by atoms with E-state index in [9.17, 15) is 43.8 Å². The van der Waals surface area contributed by atoms with Crippen LogP contribution < -0.4 is 10.6 Å². The second-order valence-corrected chi connectivity index (χ2v) is 14.4. The molecule has 1 amide bonds. The lowest BCUT2D eigenvalue weighted by atomic mass is 10.0. The Morgan fingerprint density at radius 3 is 1.45 bits per heavy atom. The molecule has 23 heteroatoms. The number of hydrogen-bond donors (Lipinski definition) is 4. The predicted molar refractivity (Wildman–Crippen MR) is 207 cm³/mol. The highest BCUT2D eigenvalue weighted by Gasteiger charge is 2.45. The molecule has 2 aliphatic heterocycles. The van der Waals surface area contributed by atoms with Crippen LogP contribution in [0.5, 0.6) is 0 Å². The fourth-order valence-corrected chi connectivity index (χ4v) is 6.19. The lowest BCUT2D eigenvalue weighted by Crippen LogP contribution is -2.54. The molecule has 2 rings (SSSR count). The molecule has 0 aromatic rings. The summed E-state index contributed by atoms with van der Waals surface area (Å²) >= 11 is 0. The first-order chi connectivity index (χ1) is 29.4. The first-order valence-electron chi connectivity index (χ1n) is 20.5. The molecule has 2 aliphatic rings. The van der Waals surface area contributed by atoms with Crippen molar-refractivity contribution in [1.82, 2.24) is 10.6 Å². The third kappa shape index (κ3) is 23.8. The number of carbonyl (C=O) groups is 7. The van der Waals surface area contributed by atoms with Gasteiger partial charge in [-0.25, -0.2) is 4.79 Å². The Hall–Kier alpha value is -4.23. The second kappa shape index (κ2) is 30.0. The molecule has 4 N–H and O–H groups in total. The molecule has 2 unspecified atom stereocenters. The standard InChI is InChI=1S/C39H64N2O21/c1-23(42)53-21-32-36(59-27(5)46)30(57-25(3)44)17-34(61-32)51-15-11-7-9-13-40-38(49)55-19-29(48)20-56-39(50)41-14-10-8-12-16-52-35-18-31(58-26(4)45)37(60-28(6)47)33(62-35)22-54-24(2)43/h29-38,40,48-49H,7-22H2,1-6H3,(H,41,50)/t29?,30-,31-,32-,33-,34-,35-,36-,37-,38?/m1/s1. The number of hydrogen-bond acceptors (Lipinski definition) is 22.